The predicted octanol–water partition coefficient (Wildman–Crippen LogP) is 2.90. The van der Waals surface area contributed by atoms with E-state index in [2.05, 4.69) is 19.5 Å². The average Bonchev–Trinajstić information content (AvgIpc) is 3.26. The molecule has 1 atom stereocenters. The van der Waals surface area contributed by atoms with Gasteiger partial charge in [0, 0.05) is 55.4 Å². The minimum Gasteiger partial charge on any atom is -0.481 e. The molecule has 0 unspecified atom stereocenters. The maximum atomic E-state index is 13.0. The van der Waals surface area contributed by atoms with Gasteiger partial charge in [-0.1, -0.05) is 12.1 Å². The molecule has 1 saturated heterocycles. The molecule has 7 heteroatoms. The summed E-state index contributed by atoms with van der Waals surface area (Å²) < 4.78 is 7.23. The van der Waals surface area contributed by atoms with Crippen LogP contribution in [0.1, 0.15) is 23.2 Å². The number of rotatable bonds is 5. The van der Waals surface area contributed by atoms with Crippen LogP contribution in [0.3, 0.4) is 0 Å². The molecule has 7 nitrogen and oxygen atoms in total. The summed E-state index contributed by atoms with van der Waals surface area (Å²) in [6.45, 7) is 2.48. The van der Waals surface area contributed by atoms with Crippen molar-refractivity contribution in [1.29, 1.82) is 0 Å². The molecule has 4 rings (SSSR count). The lowest BCUT2D eigenvalue weighted by molar-refractivity contribution is 0.0662. The Hall–Kier alpha value is -3.22. The van der Waals surface area contributed by atoms with Gasteiger partial charge in [-0.05, 0) is 30.9 Å². The number of hydrogen-bond donors (Lipinski definition) is 0. The van der Waals surface area contributed by atoms with Crippen molar-refractivity contribution in [2.45, 2.75) is 19.4 Å². The van der Waals surface area contributed by atoms with Crippen LogP contribution in [0.25, 0.3) is 11.4 Å². The Kier molecular flexibility index (Phi) is 5.32. The van der Waals surface area contributed by atoms with E-state index < -0.39 is 0 Å². The van der Waals surface area contributed by atoms with Crippen molar-refractivity contribution in [3.8, 4) is 17.3 Å². The van der Waals surface area contributed by atoms with Crippen LogP contribution in [0.5, 0.6) is 5.88 Å². The standard InChI is InChI=1S/C21H23N5O2/c1-28-19-8-9-23-20(24-19)17-4-6-18(7-5-17)21(27)26-11-2-3-16(14-26)13-25-12-10-22-15-25/h4-10,12,15-16H,2-3,11,13-14H2,1H3/t16-/m1/s1. The third-order valence-corrected chi connectivity index (χ3v) is 5.06. The van der Waals surface area contributed by atoms with E-state index in [1.54, 1.807) is 25.6 Å². The molecule has 1 fully saturated rings. The maximum Gasteiger partial charge on any atom is 0.253 e. The van der Waals surface area contributed by atoms with E-state index in [1.165, 1.54) is 0 Å². The van der Waals surface area contributed by atoms with Crippen molar-refractivity contribution in [2.75, 3.05) is 20.2 Å². The quantitative estimate of drug-likeness (QED) is 0.684. The second-order valence-corrected chi connectivity index (χ2v) is 7.02. The molecular formula is C21H23N5O2. The van der Waals surface area contributed by atoms with Gasteiger partial charge in [0.05, 0.1) is 13.4 Å². The first-order valence-electron chi connectivity index (χ1n) is 9.45. The summed E-state index contributed by atoms with van der Waals surface area (Å²) >= 11 is 0. The Morgan fingerprint density at radius 1 is 1.21 bits per heavy atom. The summed E-state index contributed by atoms with van der Waals surface area (Å²) in [6, 6.07) is 9.17. The summed E-state index contributed by atoms with van der Waals surface area (Å²) in [5, 5.41) is 0. The van der Waals surface area contributed by atoms with Gasteiger partial charge in [0.1, 0.15) is 0 Å². The molecule has 1 amide bonds. The molecule has 0 spiro atoms. The smallest absolute Gasteiger partial charge is 0.253 e. The largest absolute Gasteiger partial charge is 0.481 e. The highest BCUT2D eigenvalue weighted by atomic mass is 16.5. The molecular weight excluding hydrogens is 354 g/mol. The van der Waals surface area contributed by atoms with Crippen LogP contribution in [0.15, 0.2) is 55.2 Å². The highest BCUT2D eigenvalue weighted by Gasteiger charge is 2.24. The summed E-state index contributed by atoms with van der Waals surface area (Å²) in [7, 11) is 1.58. The number of imidazole rings is 1. The third-order valence-electron chi connectivity index (χ3n) is 5.06. The number of likely N-dealkylation sites (tertiary alicyclic amines) is 1. The molecule has 0 bridgehead atoms. The van der Waals surface area contributed by atoms with Crippen molar-refractivity contribution in [2.24, 2.45) is 5.92 Å². The van der Waals surface area contributed by atoms with Crippen LogP contribution < -0.4 is 4.74 Å². The molecule has 3 heterocycles. The number of aromatic nitrogens is 4. The normalized spacial score (nSPS) is 16.8. The first-order valence-corrected chi connectivity index (χ1v) is 9.45. The number of benzene rings is 1. The zero-order valence-corrected chi connectivity index (χ0v) is 15.9. The van der Waals surface area contributed by atoms with Gasteiger partial charge in [0.25, 0.3) is 5.91 Å². The Morgan fingerprint density at radius 2 is 2.07 bits per heavy atom. The van der Waals surface area contributed by atoms with Gasteiger partial charge >= 0.3 is 0 Å². The van der Waals surface area contributed by atoms with Crippen LogP contribution >= 0.6 is 0 Å². The minimum atomic E-state index is 0.0773. The summed E-state index contributed by atoms with van der Waals surface area (Å²) in [5.74, 6) is 1.63. The van der Waals surface area contributed by atoms with Gasteiger partial charge < -0.3 is 14.2 Å². The van der Waals surface area contributed by atoms with Crippen LogP contribution in [-0.2, 0) is 6.54 Å². The van der Waals surface area contributed by atoms with Crippen molar-refractivity contribution in [3.05, 3.63) is 60.8 Å². The highest BCUT2D eigenvalue weighted by Crippen LogP contribution is 2.22. The number of ether oxygens (including phenoxy) is 1. The summed E-state index contributed by atoms with van der Waals surface area (Å²) in [6.07, 6.45) is 9.42. The molecule has 1 aliphatic rings. The van der Waals surface area contributed by atoms with Crippen LogP contribution in [0.2, 0.25) is 0 Å². The lowest BCUT2D eigenvalue weighted by Gasteiger charge is -2.33. The van der Waals surface area contributed by atoms with Gasteiger partial charge in [-0.15, -0.1) is 0 Å². The predicted molar refractivity (Wildman–Crippen MR) is 105 cm³/mol. The fraction of sp³-hybridized carbons (Fsp3) is 0.333. The van der Waals surface area contributed by atoms with Gasteiger partial charge in [0.2, 0.25) is 5.88 Å². The van der Waals surface area contributed by atoms with Crippen molar-refractivity contribution in [3.63, 3.8) is 0 Å². The van der Waals surface area contributed by atoms with E-state index in [1.807, 2.05) is 41.7 Å². The fourth-order valence-corrected chi connectivity index (χ4v) is 3.63. The van der Waals surface area contributed by atoms with E-state index in [9.17, 15) is 4.79 Å². The molecule has 2 aromatic heterocycles. The maximum absolute atomic E-state index is 13.0. The van der Waals surface area contributed by atoms with Crippen LogP contribution in [0.4, 0.5) is 0 Å². The van der Waals surface area contributed by atoms with Gasteiger partial charge in [-0.25, -0.2) is 9.97 Å². The second kappa shape index (κ2) is 8.21. The third kappa shape index (κ3) is 4.03. The van der Waals surface area contributed by atoms with E-state index in [0.29, 0.717) is 23.2 Å². The van der Waals surface area contributed by atoms with E-state index in [-0.39, 0.29) is 5.91 Å². The first-order chi connectivity index (χ1) is 13.7. The highest BCUT2D eigenvalue weighted by molar-refractivity contribution is 5.94. The van der Waals surface area contributed by atoms with Gasteiger partial charge in [-0.3, -0.25) is 4.79 Å². The fourth-order valence-electron chi connectivity index (χ4n) is 3.63. The number of piperidine rings is 1. The molecule has 3 aromatic rings. The Labute approximate surface area is 164 Å². The van der Waals surface area contributed by atoms with Crippen molar-refractivity contribution in [1.82, 2.24) is 24.4 Å². The van der Waals surface area contributed by atoms with Crippen LogP contribution in [0, 0.1) is 5.92 Å². The molecule has 1 aromatic carbocycles. The minimum absolute atomic E-state index is 0.0773. The summed E-state index contributed by atoms with van der Waals surface area (Å²) in [4.78, 5) is 27.6. The topological polar surface area (TPSA) is 73.1 Å². The Bertz CT molecular complexity index is 924. The number of carbonyl (C=O) groups is 1. The number of carbonyl (C=O) groups excluding carboxylic acids is 1. The Morgan fingerprint density at radius 3 is 2.82 bits per heavy atom. The number of nitrogens with zero attached hydrogens (tertiary/aromatic N) is 5. The SMILES string of the molecule is COc1ccnc(-c2ccc(C(=O)N3CCC[C@H](Cn4ccnc4)C3)cc2)n1. The van der Waals surface area contributed by atoms with Crippen molar-refractivity contribution >= 4 is 5.91 Å². The lowest BCUT2D eigenvalue weighted by Crippen LogP contribution is -2.41. The molecule has 144 valence electrons. The molecule has 28 heavy (non-hydrogen) atoms. The molecule has 0 saturated carbocycles. The van der Waals surface area contributed by atoms with Crippen molar-refractivity contribution < 1.29 is 9.53 Å². The molecule has 0 radical (unpaired) electrons. The van der Waals surface area contributed by atoms with E-state index >= 15 is 0 Å². The number of methoxy groups -OCH3 is 1. The zero-order valence-electron chi connectivity index (χ0n) is 15.9. The van der Waals surface area contributed by atoms with Crippen LogP contribution in [-0.4, -0.2) is 50.5 Å². The number of amides is 1. The lowest BCUT2D eigenvalue weighted by atomic mass is 9.97. The molecule has 0 N–H and O–H groups in total. The first kappa shape index (κ1) is 18.2. The van der Waals surface area contributed by atoms with Gasteiger partial charge in [-0.2, -0.15) is 4.98 Å². The summed E-state index contributed by atoms with van der Waals surface area (Å²) in [5.41, 5.74) is 1.54. The average molecular weight is 377 g/mol. The zero-order chi connectivity index (χ0) is 19.3. The van der Waals surface area contributed by atoms with Gasteiger partial charge in [0.15, 0.2) is 5.82 Å². The number of hydrogen-bond acceptors (Lipinski definition) is 5. The monoisotopic (exact) mass is 377 g/mol. The molecule has 1 aliphatic heterocycles. The Balaban J connectivity index is 1.44. The van der Waals surface area contributed by atoms with E-state index in [4.69, 9.17) is 4.74 Å². The molecule has 0 aliphatic carbocycles. The second-order valence-electron chi connectivity index (χ2n) is 7.02. The van der Waals surface area contributed by atoms with E-state index in [0.717, 1.165) is 38.0 Å².